The molecule has 0 saturated heterocycles. The molecule has 1 aromatic heterocycles. The van der Waals surface area contributed by atoms with Crippen LogP contribution in [-0.4, -0.2) is 27.8 Å². The van der Waals surface area contributed by atoms with Gasteiger partial charge in [0, 0.05) is 23.5 Å². The molecule has 0 amide bonds. The van der Waals surface area contributed by atoms with Crippen LogP contribution < -0.4 is 4.74 Å². The standard InChI is InChI=1S/C39H54F2N2O2/c1-4-5-6-7-8-9-10-11-12-13-14-15-16-17-28-39(3,41)38(44)45-36-26-24-33(25-27-36)35-29-42-37(43-30-35)34-22-20-32(21-23-34)19-18-31(2)40/h20-27,29-31H,4-19,28H2,1-3H3/t31-,39-/m0/s1. The molecule has 3 aromatic rings. The number of hydrogen-bond donors (Lipinski definition) is 0. The SMILES string of the molecule is CCCCCCCCCCCCCCCC[C@](C)(F)C(=O)Oc1ccc(-c2cnc(-c3ccc(CC[C@H](C)F)cc3)nc2)cc1. The highest BCUT2D eigenvalue weighted by Crippen LogP contribution is 2.27. The lowest BCUT2D eigenvalue weighted by Gasteiger charge is -2.18. The van der Waals surface area contributed by atoms with Gasteiger partial charge in [0.25, 0.3) is 0 Å². The summed E-state index contributed by atoms with van der Waals surface area (Å²) >= 11 is 0. The molecule has 0 aliphatic heterocycles. The number of carbonyl (C=O) groups is 1. The quantitative estimate of drug-likeness (QED) is 0.0637. The van der Waals surface area contributed by atoms with E-state index in [9.17, 15) is 9.18 Å². The minimum atomic E-state index is -2.01. The van der Waals surface area contributed by atoms with Crippen LogP contribution >= 0.6 is 0 Å². The van der Waals surface area contributed by atoms with Crippen LogP contribution in [0.2, 0.25) is 0 Å². The van der Waals surface area contributed by atoms with E-state index >= 15 is 4.39 Å². The number of alkyl halides is 2. The average Bonchev–Trinajstić information content (AvgIpc) is 3.04. The Kier molecular flexibility index (Phi) is 16.2. The predicted molar refractivity (Wildman–Crippen MR) is 182 cm³/mol. The summed E-state index contributed by atoms with van der Waals surface area (Å²) in [6.45, 7) is 5.15. The Morgan fingerprint density at radius 3 is 1.73 bits per heavy atom. The second-order valence-electron chi connectivity index (χ2n) is 12.8. The summed E-state index contributed by atoms with van der Waals surface area (Å²) in [5.41, 5.74) is 1.65. The van der Waals surface area contributed by atoms with Gasteiger partial charge in [0.15, 0.2) is 5.82 Å². The normalized spacial score (nSPS) is 13.4. The van der Waals surface area contributed by atoms with Crippen LogP contribution in [0, 0.1) is 0 Å². The maximum Gasteiger partial charge on any atom is 0.348 e. The van der Waals surface area contributed by atoms with Gasteiger partial charge >= 0.3 is 5.97 Å². The van der Waals surface area contributed by atoms with E-state index in [2.05, 4.69) is 16.9 Å². The van der Waals surface area contributed by atoms with Crippen molar-refractivity contribution in [3.8, 4) is 28.3 Å². The fourth-order valence-corrected chi connectivity index (χ4v) is 5.49. The zero-order valence-corrected chi connectivity index (χ0v) is 27.8. The van der Waals surface area contributed by atoms with Gasteiger partial charge in [0.2, 0.25) is 5.67 Å². The van der Waals surface area contributed by atoms with E-state index in [1.165, 1.54) is 77.6 Å². The molecule has 0 N–H and O–H groups in total. The van der Waals surface area contributed by atoms with Gasteiger partial charge in [-0.2, -0.15) is 0 Å². The van der Waals surface area contributed by atoms with Crippen molar-refractivity contribution in [2.75, 3.05) is 0 Å². The van der Waals surface area contributed by atoms with Gasteiger partial charge in [-0.3, -0.25) is 0 Å². The van der Waals surface area contributed by atoms with Gasteiger partial charge in [-0.1, -0.05) is 127 Å². The third-order valence-electron chi connectivity index (χ3n) is 8.52. The highest BCUT2D eigenvalue weighted by Gasteiger charge is 2.34. The van der Waals surface area contributed by atoms with Crippen LogP contribution in [-0.2, 0) is 11.2 Å². The number of rotatable bonds is 22. The van der Waals surface area contributed by atoms with Crippen molar-refractivity contribution >= 4 is 5.97 Å². The molecule has 0 saturated carbocycles. The fraction of sp³-hybridized carbons (Fsp3) is 0.564. The number of esters is 1. The number of hydrogen-bond acceptors (Lipinski definition) is 4. The van der Waals surface area contributed by atoms with Gasteiger partial charge in [0.1, 0.15) is 5.75 Å². The smallest absolute Gasteiger partial charge is 0.348 e. The molecule has 3 rings (SSSR count). The molecule has 2 aromatic carbocycles. The number of carbonyl (C=O) groups excluding carboxylic acids is 1. The van der Waals surface area contributed by atoms with Crippen molar-refractivity contribution in [3.63, 3.8) is 0 Å². The minimum absolute atomic E-state index is 0.172. The average molecular weight is 621 g/mol. The molecule has 45 heavy (non-hydrogen) atoms. The molecule has 4 nitrogen and oxygen atoms in total. The highest BCUT2D eigenvalue weighted by atomic mass is 19.1. The molecule has 0 bridgehead atoms. The highest BCUT2D eigenvalue weighted by molar-refractivity contribution is 5.81. The maximum absolute atomic E-state index is 15.1. The Bertz CT molecular complexity index is 1230. The van der Waals surface area contributed by atoms with Gasteiger partial charge in [-0.15, -0.1) is 0 Å². The summed E-state index contributed by atoms with van der Waals surface area (Å²) < 4.78 is 33.6. The van der Waals surface area contributed by atoms with Crippen LogP contribution in [0.4, 0.5) is 8.78 Å². The second kappa shape index (κ2) is 20.1. The van der Waals surface area contributed by atoms with Crippen LogP contribution in [0.3, 0.4) is 0 Å². The molecule has 246 valence electrons. The van der Waals surface area contributed by atoms with Gasteiger partial charge < -0.3 is 4.74 Å². The second-order valence-corrected chi connectivity index (χ2v) is 12.8. The maximum atomic E-state index is 15.1. The van der Waals surface area contributed by atoms with Crippen LogP contribution in [0.25, 0.3) is 22.5 Å². The van der Waals surface area contributed by atoms with E-state index in [-0.39, 0.29) is 6.42 Å². The van der Waals surface area contributed by atoms with Crippen molar-refractivity contribution in [1.82, 2.24) is 9.97 Å². The van der Waals surface area contributed by atoms with Gasteiger partial charge in [-0.05, 0) is 62.8 Å². The summed E-state index contributed by atoms with van der Waals surface area (Å²) in [7, 11) is 0. The van der Waals surface area contributed by atoms with Crippen molar-refractivity contribution < 1.29 is 18.3 Å². The number of ether oxygens (including phenoxy) is 1. The molecule has 1 heterocycles. The first-order valence-electron chi connectivity index (χ1n) is 17.4. The third-order valence-corrected chi connectivity index (χ3v) is 8.52. The summed E-state index contributed by atoms with van der Waals surface area (Å²) in [4.78, 5) is 21.6. The summed E-state index contributed by atoms with van der Waals surface area (Å²) in [6.07, 6.45) is 21.3. The summed E-state index contributed by atoms with van der Waals surface area (Å²) in [5, 5.41) is 0. The Hall–Kier alpha value is -3.15. The van der Waals surface area contributed by atoms with E-state index in [0.29, 0.717) is 30.8 Å². The Morgan fingerprint density at radius 1 is 0.733 bits per heavy atom. The van der Waals surface area contributed by atoms with Crippen LogP contribution in [0.15, 0.2) is 60.9 Å². The summed E-state index contributed by atoms with van der Waals surface area (Å²) in [5.74, 6) is 0.0759. The van der Waals surface area contributed by atoms with E-state index < -0.39 is 17.8 Å². The van der Waals surface area contributed by atoms with E-state index in [1.807, 2.05) is 36.4 Å². The number of unbranched alkanes of at least 4 members (excludes halogenated alkanes) is 13. The van der Waals surface area contributed by atoms with Crippen molar-refractivity contribution in [2.45, 2.75) is 142 Å². The fourth-order valence-electron chi connectivity index (χ4n) is 5.49. The molecule has 0 radical (unpaired) electrons. The van der Waals surface area contributed by atoms with E-state index in [0.717, 1.165) is 35.1 Å². The summed E-state index contributed by atoms with van der Waals surface area (Å²) in [6, 6.07) is 14.8. The lowest BCUT2D eigenvalue weighted by molar-refractivity contribution is -0.147. The zero-order valence-electron chi connectivity index (χ0n) is 27.8. The minimum Gasteiger partial charge on any atom is -0.424 e. The Labute approximate surface area is 270 Å². The topological polar surface area (TPSA) is 52.1 Å². The molecular weight excluding hydrogens is 566 g/mol. The first-order chi connectivity index (χ1) is 21.8. The first-order valence-corrected chi connectivity index (χ1v) is 17.4. The number of nitrogens with zero attached hydrogens (tertiary/aromatic N) is 2. The monoisotopic (exact) mass is 620 g/mol. The van der Waals surface area contributed by atoms with Crippen molar-refractivity contribution in [1.29, 1.82) is 0 Å². The lowest BCUT2D eigenvalue weighted by Crippen LogP contribution is -2.34. The third kappa shape index (κ3) is 13.8. The molecule has 0 spiro atoms. The van der Waals surface area contributed by atoms with E-state index in [1.54, 1.807) is 31.5 Å². The van der Waals surface area contributed by atoms with Gasteiger partial charge in [0.05, 0.1) is 6.17 Å². The molecule has 0 unspecified atom stereocenters. The molecule has 0 aliphatic rings. The lowest BCUT2D eigenvalue weighted by atomic mass is 9.99. The first kappa shape index (κ1) is 36.3. The molecule has 2 atom stereocenters. The Morgan fingerprint density at radius 2 is 1.22 bits per heavy atom. The van der Waals surface area contributed by atoms with E-state index in [4.69, 9.17) is 4.74 Å². The number of benzene rings is 2. The number of aryl methyl sites for hydroxylation is 1. The Balaban J connectivity index is 1.33. The largest absolute Gasteiger partial charge is 0.424 e. The molecule has 0 aliphatic carbocycles. The molecular formula is C39H54F2N2O2. The molecule has 0 fully saturated rings. The van der Waals surface area contributed by atoms with Gasteiger partial charge in [-0.25, -0.2) is 23.5 Å². The van der Waals surface area contributed by atoms with Crippen molar-refractivity contribution in [3.05, 3.63) is 66.5 Å². The van der Waals surface area contributed by atoms with Crippen LogP contribution in [0.5, 0.6) is 5.75 Å². The predicted octanol–water partition coefficient (Wildman–Crippen LogP) is 11.6. The number of aromatic nitrogens is 2. The van der Waals surface area contributed by atoms with Crippen molar-refractivity contribution in [2.24, 2.45) is 0 Å². The number of halogens is 2. The zero-order chi connectivity index (χ0) is 32.3. The van der Waals surface area contributed by atoms with Crippen LogP contribution in [0.1, 0.15) is 129 Å². The molecule has 6 heteroatoms.